The van der Waals surface area contributed by atoms with Crippen LogP contribution in [0.2, 0.25) is 0 Å². The number of amides is 1. The van der Waals surface area contributed by atoms with Crippen LogP contribution in [-0.2, 0) is 29.1 Å². The summed E-state index contributed by atoms with van der Waals surface area (Å²) < 4.78 is 77.7. The number of halogens is 3. The summed E-state index contributed by atoms with van der Waals surface area (Å²) in [6, 6.07) is 2.24. The topological polar surface area (TPSA) is 74.3 Å². The van der Waals surface area contributed by atoms with Gasteiger partial charge in [-0.05, 0) is 51.3 Å². The molecule has 0 spiro atoms. The SMILES string of the molecule is CCCCOP(=O)(OCCCC)O[C@H]1[C@H](N2CCCC2=O)c2cc(C(F)(F)F)ccc2OC1(C)C. The van der Waals surface area contributed by atoms with E-state index < -0.39 is 37.3 Å². The molecule has 2 aliphatic rings. The van der Waals surface area contributed by atoms with Crippen molar-refractivity contribution < 1.29 is 40.8 Å². The van der Waals surface area contributed by atoms with Gasteiger partial charge in [0, 0.05) is 18.5 Å². The highest BCUT2D eigenvalue weighted by Gasteiger charge is 2.53. The first-order valence-electron chi connectivity index (χ1n) is 12.2. The van der Waals surface area contributed by atoms with E-state index in [1.54, 1.807) is 13.8 Å². The standard InChI is InChI=1S/C24H35F3NO6P/c1-5-7-14-31-35(30,32-15-8-6-2)34-22-21(28-13-9-10-20(28)29)18-16-17(24(25,26)27)11-12-19(18)33-23(22,3)4/h11-12,16,21-22H,5-10,13-15H2,1-4H3/t21-,22+/m1/s1. The first-order valence-corrected chi connectivity index (χ1v) is 13.6. The van der Waals surface area contributed by atoms with E-state index in [1.165, 1.54) is 11.0 Å². The van der Waals surface area contributed by atoms with E-state index in [0.717, 1.165) is 25.0 Å². The number of likely N-dealkylation sites (tertiary alicyclic amines) is 1. The number of hydrogen-bond acceptors (Lipinski definition) is 6. The first kappa shape index (κ1) is 28.0. The molecular weight excluding hydrogens is 486 g/mol. The normalized spacial score (nSPS) is 22.3. The molecule has 2 heterocycles. The van der Waals surface area contributed by atoms with Gasteiger partial charge in [0.2, 0.25) is 5.91 Å². The highest BCUT2D eigenvalue weighted by molar-refractivity contribution is 7.48. The summed E-state index contributed by atoms with van der Waals surface area (Å²) in [5.74, 6) is 0.0134. The third-order valence-electron chi connectivity index (χ3n) is 6.18. The molecule has 0 N–H and O–H groups in total. The van der Waals surface area contributed by atoms with Gasteiger partial charge in [-0.3, -0.25) is 18.4 Å². The Morgan fingerprint density at radius 3 is 2.29 bits per heavy atom. The van der Waals surface area contributed by atoms with Crippen LogP contribution >= 0.6 is 7.82 Å². The fourth-order valence-corrected chi connectivity index (χ4v) is 5.84. The molecular formula is C24H35F3NO6P. The number of ether oxygens (including phenoxy) is 1. The van der Waals surface area contributed by atoms with Gasteiger partial charge in [0.05, 0.1) is 24.8 Å². The van der Waals surface area contributed by atoms with Gasteiger partial charge >= 0.3 is 14.0 Å². The maximum absolute atomic E-state index is 13.7. The van der Waals surface area contributed by atoms with Crippen molar-refractivity contribution in [3.63, 3.8) is 0 Å². The lowest BCUT2D eigenvalue weighted by molar-refractivity contribution is -0.140. The van der Waals surface area contributed by atoms with Crippen molar-refractivity contribution in [3.05, 3.63) is 29.3 Å². The molecule has 0 aromatic heterocycles. The molecule has 2 aliphatic heterocycles. The van der Waals surface area contributed by atoms with Crippen molar-refractivity contribution in [2.24, 2.45) is 0 Å². The second-order valence-corrected chi connectivity index (χ2v) is 11.1. The number of rotatable bonds is 11. The largest absolute Gasteiger partial charge is 0.485 e. The highest BCUT2D eigenvalue weighted by Crippen LogP contribution is 2.57. The number of carbonyl (C=O) groups excluding carboxylic acids is 1. The number of phosphoric acid groups is 1. The lowest BCUT2D eigenvalue weighted by atomic mass is 9.85. The molecule has 1 amide bonds. The second-order valence-electron chi connectivity index (χ2n) is 9.44. The van der Waals surface area contributed by atoms with Gasteiger partial charge in [-0.1, -0.05) is 26.7 Å². The average Bonchev–Trinajstić information content (AvgIpc) is 3.19. The first-order chi connectivity index (χ1) is 16.4. The minimum atomic E-state index is -4.58. The predicted octanol–water partition coefficient (Wildman–Crippen LogP) is 6.67. The van der Waals surface area contributed by atoms with Crippen LogP contribution in [0.1, 0.15) is 83.4 Å². The van der Waals surface area contributed by atoms with Gasteiger partial charge in [0.1, 0.15) is 17.5 Å². The Morgan fingerprint density at radius 1 is 1.14 bits per heavy atom. The Hall–Kier alpha value is -1.61. The molecule has 2 atom stereocenters. The van der Waals surface area contributed by atoms with Gasteiger partial charge in [-0.15, -0.1) is 0 Å². The Bertz CT molecular complexity index is 924. The van der Waals surface area contributed by atoms with Crippen LogP contribution in [0.5, 0.6) is 5.75 Å². The number of phosphoric ester groups is 1. The number of carbonyl (C=O) groups is 1. The molecule has 1 aromatic rings. The Kier molecular flexibility index (Phi) is 8.95. The van der Waals surface area contributed by atoms with E-state index >= 15 is 0 Å². The third kappa shape index (κ3) is 6.59. The van der Waals surface area contributed by atoms with Crippen molar-refractivity contribution in [2.45, 2.75) is 90.1 Å². The van der Waals surface area contributed by atoms with Crippen LogP contribution in [-0.4, -0.2) is 42.3 Å². The van der Waals surface area contributed by atoms with Gasteiger partial charge in [-0.25, -0.2) is 4.57 Å². The zero-order valence-electron chi connectivity index (χ0n) is 20.7. The summed E-state index contributed by atoms with van der Waals surface area (Å²) in [6.45, 7) is 7.89. The van der Waals surface area contributed by atoms with E-state index in [9.17, 15) is 22.5 Å². The zero-order chi connectivity index (χ0) is 25.9. The average molecular weight is 522 g/mol. The highest BCUT2D eigenvalue weighted by atomic mass is 31.2. The van der Waals surface area contributed by atoms with Gasteiger partial charge < -0.3 is 9.64 Å². The molecule has 35 heavy (non-hydrogen) atoms. The van der Waals surface area contributed by atoms with Crippen molar-refractivity contribution in [1.82, 2.24) is 4.90 Å². The van der Waals surface area contributed by atoms with Gasteiger partial charge in [-0.2, -0.15) is 13.2 Å². The molecule has 1 fully saturated rings. The molecule has 1 aromatic carbocycles. The van der Waals surface area contributed by atoms with Crippen molar-refractivity contribution in [3.8, 4) is 5.75 Å². The van der Waals surface area contributed by atoms with E-state index in [0.29, 0.717) is 25.8 Å². The van der Waals surface area contributed by atoms with Crippen molar-refractivity contribution in [2.75, 3.05) is 19.8 Å². The number of benzene rings is 1. The van der Waals surface area contributed by atoms with Crippen LogP contribution in [0.4, 0.5) is 13.2 Å². The van der Waals surface area contributed by atoms with Crippen LogP contribution in [0.25, 0.3) is 0 Å². The van der Waals surface area contributed by atoms with Gasteiger partial charge in [0.25, 0.3) is 0 Å². The fourth-order valence-electron chi connectivity index (χ4n) is 4.29. The summed E-state index contributed by atoms with van der Waals surface area (Å²) in [5, 5.41) is 0. The van der Waals surface area contributed by atoms with Crippen LogP contribution in [0, 0.1) is 0 Å². The molecule has 0 aliphatic carbocycles. The maximum Gasteiger partial charge on any atom is 0.475 e. The van der Waals surface area contributed by atoms with E-state index in [4.69, 9.17) is 18.3 Å². The number of fused-ring (bicyclic) bond motifs is 1. The van der Waals surface area contributed by atoms with Crippen molar-refractivity contribution >= 4 is 13.7 Å². The second kappa shape index (κ2) is 11.2. The van der Waals surface area contributed by atoms with Crippen LogP contribution < -0.4 is 4.74 Å². The predicted molar refractivity (Wildman–Crippen MR) is 124 cm³/mol. The lowest BCUT2D eigenvalue weighted by Gasteiger charge is -2.47. The number of unbranched alkanes of at least 4 members (excludes halogenated alkanes) is 2. The minimum absolute atomic E-state index is 0.135. The molecule has 7 nitrogen and oxygen atoms in total. The molecule has 0 bridgehead atoms. The Labute approximate surface area is 204 Å². The maximum atomic E-state index is 13.7. The fraction of sp³-hybridized carbons (Fsp3) is 0.708. The molecule has 0 unspecified atom stereocenters. The summed E-state index contributed by atoms with van der Waals surface area (Å²) >= 11 is 0. The van der Waals surface area contributed by atoms with E-state index in [-0.39, 0.29) is 36.9 Å². The molecule has 11 heteroatoms. The van der Waals surface area contributed by atoms with Crippen molar-refractivity contribution in [1.29, 1.82) is 0 Å². The zero-order valence-corrected chi connectivity index (χ0v) is 21.6. The molecule has 1 saturated heterocycles. The Morgan fingerprint density at radius 2 is 1.77 bits per heavy atom. The summed E-state index contributed by atoms with van der Waals surface area (Å²) in [5.41, 5.74) is -1.86. The minimum Gasteiger partial charge on any atom is -0.485 e. The number of alkyl halides is 3. The van der Waals surface area contributed by atoms with E-state index in [1.807, 2.05) is 13.8 Å². The summed E-state index contributed by atoms with van der Waals surface area (Å²) in [4.78, 5) is 14.3. The number of nitrogens with zero attached hydrogens (tertiary/aromatic N) is 1. The third-order valence-corrected chi connectivity index (χ3v) is 7.67. The Balaban J connectivity index is 2.06. The molecule has 0 saturated carbocycles. The van der Waals surface area contributed by atoms with Gasteiger partial charge in [0.15, 0.2) is 0 Å². The van der Waals surface area contributed by atoms with E-state index in [2.05, 4.69) is 0 Å². The molecule has 3 rings (SSSR count). The number of hydrogen-bond donors (Lipinski definition) is 0. The summed E-state index contributed by atoms with van der Waals surface area (Å²) in [7, 11) is -4.12. The smallest absolute Gasteiger partial charge is 0.475 e. The quantitative estimate of drug-likeness (QED) is 0.239. The lowest BCUT2D eigenvalue weighted by Crippen LogP contribution is -2.55. The van der Waals surface area contributed by atoms with Crippen LogP contribution in [0.15, 0.2) is 18.2 Å². The molecule has 198 valence electrons. The summed E-state index contributed by atoms with van der Waals surface area (Å²) in [6.07, 6.45) is -2.00. The van der Waals surface area contributed by atoms with Crippen LogP contribution in [0.3, 0.4) is 0 Å². The monoisotopic (exact) mass is 521 g/mol. The molecule has 0 radical (unpaired) electrons.